The average Bonchev–Trinajstić information content (AvgIpc) is 3.10. The molecule has 2 nitrogen and oxygen atoms in total. The first-order chi connectivity index (χ1) is 16.8. The number of hydrogen-bond donors (Lipinski definition) is 0. The predicted molar refractivity (Wildman–Crippen MR) is 123 cm³/mol. The first kappa shape index (κ1) is 11.0. The van der Waals surface area contributed by atoms with Gasteiger partial charge in [-0.2, -0.15) is 0 Å². The summed E-state index contributed by atoms with van der Waals surface area (Å²) in [6.45, 7) is -1.87. The number of pyridine rings is 1. The lowest BCUT2D eigenvalue weighted by atomic mass is 9.83. The molecule has 0 bridgehead atoms. The van der Waals surface area contributed by atoms with Gasteiger partial charge in [-0.05, 0) is 46.9 Å². The van der Waals surface area contributed by atoms with E-state index in [0.717, 1.165) is 10.8 Å². The third-order valence-electron chi connectivity index (χ3n) is 5.20. The van der Waals surface area contributed by atoms with Gasteiger partial charge in [0.25, 0.3) is 0 Å². The molecule has 0 saturated heterocycles. The maximum atomic E-state index is 8.14. The Morgan fingerprint density at radius 2 is 1.75 bits per heavy atom. The molecule has 0 saturated carbocycles. The molecule has 0 amide bonds. The van der Waals surface area contributed by atoms with Crippen LogP contribution in [0.3, 0.4) is 0 Å². The molecule has 0 atom stereocenters. The lowest BCUT2D eigenvalue weighted by Gasteiger charge is -2.23. The van der Waals surface area contributed by atoms with E-state index in [2.05, 4.69) is 24.6 Å². The minimum atomic E-state index is -3.36. The molecule has 0 fully saturated rings. The summed E-state index contributed by atoms with van der Waals surface area (Å²) >= 11 is 0. The molecule has 0 unspecified atom stereocenters. The highest BCUT2D eigenvalue weighted by Gasteiger charge is 2.26. The highest BCUT2D eigenvalue weighted by molar-refractivity contribution is 6.90. The Kier molecular flexibility index (Phi) is 2.47. The molecule has 4 aromatic rings. The second kappa shape index (κ2) is 6.31. The van der Waals surface area contributed by atoms with Crippen molar-refractivity contribution in [3.63, 3.8) is 0 Å². The first-order valence-electron chi connectivity index (χ1n) is 13.8. The molecule has 28 heavy (non-hydrogen) atoms. The SMILES string of the molecule is [2H]C([2H])([2H])C(c1ccnc(-c2ccc([Si](C)(C)C)c3c2oc2ccccc23)c1C)(C([2H])([2H])[2H])C([2H])([2H])[2H]. The van der Waals surface area contributed by atoms with Gasteiger partial charge in [-0.25, -0.2) is 0 Å². The topological polar surface area (TPSA) is 26.0 Å². The van der Waals surface area contributed by atoms with Crippen LogP contribution >= 0.6 is 0 Å². The number of furan rings is 1. The van der Waals surface area contributed by atoms with E-state index in [-0.39, 0.29) is 16.8 Å². The number of nitrogens with zero attached hydrogens (tertiary/aromatic N) is 1. The van der Waals surface area contributed by atoms with Crippen LogP contribution in [0.2, 0.25) is 19.6 Å². The van der Waals surface area contributed by atoms with Crippen LogP contribution in [-0.4, -0.2) is 13.1 Å². The number of para-hydroxylation sites is 1. The summed E-state index contributed by atoms with van der Waals surface area (Å²) in [7, 11) is -1.84. The van der Waals surface area contributed by atoms with E-state index in [1.807, 2.05) is 36.4 Å². The van der Waals surface area contributed by atoms with Crippen molar-refractivity contribution in [1.82, 2.24) is 4.98 Å². The Bertz CT molecular complexity index is 1460. The lowest BCUT2D eigenvalue weighted by Crippen LogP contribution is -2.38. The van der Waals surface area contributed by atoms with E-state index in [4.69, 9.17) is 16.8 Å². The van der Waals surface area contributed by atoms with Crippen molar-refractivity contribution in [3.05, 3.63) is 59.8 Å². The standard InChI is InChI=1S/C25H29NOSi/c1-16-19(25(2,3)4)14-15-26-23(16)18-12-13-21(28(5,6)7)22-17-10-8-9-11-20(17)27-24(18)22/h8-15H,1-7H3/i2D3,3D3,4D3. The molecule has 0 radical (unpaired) electrons. The Labute approximate surface area is 181 Å². The molecule has 0 aliphatic carbocycles. The summed E-state index contributed by atoms with van der Waals surface area (Å²) < 4.78 is 79.5. The highest BCUT2D eigenvalue weighted by Crippen LogP contribution is 2.38. The van der Waals surface area contributed by atoms with Crippen molar-refractivity contribution < 1.29 is 16.8 Å². The fourth-order valence-corrected chi connectivity index (χ4v) is 5.43. The molecule has 0 aliphatic heterocycles. The van der Waals surface area contributed by atoms with Crippen LogP contribution in [-0.2, 0) is 5.41 Å². The Balaban J connectivity index is 2.14. The Morgan fingerprint density at radius 1 is 1.00 bits per heavy atom. The third kappa shape index (κ3) is 2.98. The third-order valence-corrected chi connectivity index (χ3v) is 7.23. The zero-order valence-corrected chi connectivity index (χ0v) is 17.5. The smallest absolute Gasteiger partial charge is 0.144 e. The highest BCUT2D eigenvalue weighted by atomic mass is 28.3. The minimum absolute atomic E-state index is 0.174. The van der Waals surface area contributed by atoms with Crippen LogP contribution in [0.4, 0.5) is 0 Å². The fraction of sp³-hybridized carbons (Fsp3) is 0.320. The van der Waals surface area contributed by atoms with Gasteiger partial charge in [0.2, 0.25) is 0 Å². The molecule has 2 heterocycles. The van der Waals surface area contributed by atoms with Crippen molar-refractivity contribution in [3.8, 4) is 11.3 Å². The zero-order valence-electron chi connectivity index (χ0n) is 25.5. The molecule has 0 spiro atoms. The molecule has 2 aromatic carbocycles. The summed E-state index contributed by atoms with van der Waals surface area (Å²) in [5, 5.41) is 3.05. The zero-order chi connectivity index (χ0) is 27.8. The fourth-order valence-electron chi connectivity index (χ4n) is 3.85. The van der Waals surface area contributed by atoms with Crippen molar-refractivity contribution in [1.29, 1.82) is 0 Å². The largest absolute Gasteiger partial charge is 0.455 e. The average molecular weight is 397 g/mol. The Morgan fingerprint density at radius 3 is 2.46 bits per heavy atom. The van der Waals surface area contributed by atoms with Crippen LogP contribution in [0.15, 0.2) is 53.1 Å². The van der Waals surface area contributed by atoms with E-state index >= 15 is 0 Å². The van der Waals surface area contributed by atoms with Gasteiger partial charge in [0.1, 0.15) is 11.2 Å². The van der Waals surface area contributed by atoms with Crippen molar-refractivity contribution in [2.45, 2.75) is 52.5 Å². The number of hydrogen-bond acceptors (Lipinski definition) is 2. The molecule has 2 aromatic heterocycles. The van der Waals surface area contributed by atoms with E-state index in [1.54, 1.807) is 0 Å². The minimum Gasteiger partial charge on any atom is -0.455 e. The van der Waals surface area contributed by atoms with E-state index in [9.17, 15) is 0 Å². The van der Waals surface area contributed by atoms with Crippen LogP contribution in [0.25, 0.3) is 33.2 Å². The van der Waals surface area contributed by atoms with E-state index in [1.165, 1.54) is 24.4 Å². The molecule has 144 valence electrons. The number of benzene rings is 2. The first-order valence-corrected chi connectivity index (χ1v) is 12.8. The molecular weight excluding hydrogens is 358 g/mol. The number of aromatic nitrogens is 1. The van der Waals surface area contributed by atoms with Crippen LogP contribution in [0, 0.1) is 6.92 Å². The second-order valence-electron chi connectivity index (χ2n) is 8.30. The van der Waals surface area contributed by atoms with Gasteiger partial charge in [-0.1, -0.05) is 64.5 Å². The van der Waals surface area contributed by atoms with Crippen molar-refractivity contribution in [2.24, 2.45) is 0 Å². The van der Waals surface area contributed by atoms with Crippen LogP contribution < -0.4 is 5.19 Å². The molecule has 0 N–H and O–H groups in total. The van der Waals surface area contributed by atoms with Gasteiger partial charge in [0.05, 0.1) is 13.8 Å². The van der Waals surface area contributed by atoms with Gasteiger partial charge in [0.15, 0.2) is 0 Å². The predicted octanol–water partition coefficient (Wildman–Crippen LogP) is 6.80. The van der Waals surface area contributed by atoms with Crippen LogP contribution in [0.1, 0.15) is 44.0 Å². The van der Waals surface area contributed by atoms with Gasteiger partial charge in [-0.15, -0.1) is 0 Å². The van der Waals surface area contributed by atoms with Gasteiger partial charge in [-0.3, -0.25) is 4.98 Å². The van der Waals surface area contributed by atoms with Gasteiger partial charge in [0, 0.05) is 34.9 Å². The number of fused-ring (bicyclic) bond motifs is 3. The molecular formula is C25H29NOSi. The molecule has 0 aliphatic rings. The van der Waals surface area contributed by atoms with Crippen molar-refractivity contribution in [2.75, 3.05) is 0 Å². The lowest BCUT2D eigenvalue weighted by molar-refractivity contribution is 0.585. The van der Waals surface area contributed by atoms with Crippen molar-refractivity contribution >= 4 is 35.2 Å². The summed E-state index contributed by atoms with van der Waals surface area (Å²) in [5.41, 5.74) is -1.17. The molecule has 4 rings (SSSR count). The van der Waals surface area contributed by atoms with Gasteiger partial charge < -0.3 is 4.42 Å². The normalized spacial score (nSPS) is 18.9. The van der Waals surface area contributed by atoms with E-state index < -0.39 is 34.0 Å². The summed E-state index contributed by atoms with van der Waals surface area (Å²) in [5.74, 6) is 0. The maximum Gasteiger partial charge on any atom is 0.144 e. The van der Waals surface area contributed by atoms with E-state index in [0.29, 0.717) is 16.7 Å². The summed E-state index contributed by atoms with van der Waals surface area (Å²) in [6, 6.07) is 12.7. The monoisotopic (exact) mass is 396 g/mol. The summed E-state index contributed by atoms with van der Waals surface area (Å²) in [6.07, 6.45) is 1.27. The summed E-state index contributed by atoms with van der Waals surface area (Å²) in [4.78, 5) is 4.48. The second-order valence-corrected chi connectivity index (χ2v) is 13.3. The maximum absolute atomic E-state index is 8.14. The quantitative estimate of drug-likeness (QED) is 0.348. The van der Waals surface area contributed by atoms with Gasteiger partial charge >= 0.3 is 0 Å². The number of rotatable bonds is 2. The van der Waals surface area contributed by atoms with Crippen LogP contribution in [0.5, 0.6) is 0 Å². The molecule has 3 heteroatoms. The Hall–Kier alpha value is -2.39.